The van der Waals surface area contributed by atoms with Crippen LogP contribution in [-0.2, 0) is 19.2 Å². The maximum Gasteiger partial charge on any atom is 0.258 e. The molecule has 1 N–H and O–H groups in total. The number of alkyl halides is 2. The maximum atomic E-state index is 15.4. The number of allylic oxidation sites excluding steroid dienone is 2. The standard InChI is InChI=1S/C44H33Cl2F5N2O8/c1-59-24-13-16-29(60-2)22(19-24)10-7-21-8-11-23(12-9-21)52-39(55)27-15-14-25-28(31(27)40(52)56)20-43(45)41(57)53(38-36(50)34(48)33(47)35(49)37(38)51)42(58)44(43,46)32(25)26-5-3-4-6-30(26)61-18-17-54/h3-14,16,19,27-28,31-32,54H,15,17-18,20H2,1-2H3/t27-,28+,31-,32+,43+,44-/m0/s1. The normalized spacial score (nSPS) is 25.8. The zero-order chi connectivity index (χ0) is 43.7. The Balaban J connectivity index is 1.20. The number of amides is 4. The first-order chi connectivity index (χ1) is 29.1. The maximum absolute atomic E-state index is 15.4. The zero-order valence-electron chi connectivity index (χ0n) is 32.1. The topological polar surface area (TPSA) is 123 Å². The Morgan fingerprint density at radius 2 is 1.44 bits per heavy atom. The van der Waals surface area contributed by atoms with Crippen LogP contribution in [0.25, 0.3) is 12.2 Å². The van der Waals surface area contributed by atoms with Crippen LogP contribution in [0, 0.1) is 46.8 Å². The van der Waals surface area contributed by atoms with Crippen LogP contribution in [-0.4, -0.2) is 65.9 Å². The second-order valence-corrected chi connectivity index (χ2v) is 16.1. The number of hydrogen-bond donors (Lipinski definition) is 1. The molecule has 4 aromatic rings. The number of ether oxygens (including phenoxy) is 3. The van der Waals surface area contributed by atoms with E-state index in [-0.39, 0.29) is 40.5 Å². The number of benzene rings is 4. The van der Waals surface area contributed by atoms with Crippen LogP contribution >= 0.6 is 23.2 Å². The van der Waals surface area contributed by atoms with E-state index in [9.17, 15) is 37.5 Å². The Labute approximate surface area is 354 Å². The second-order valence-electron chi connectivity index (χ2n) is 14.8. The van der Waals surface area contributed by atoms with E-state index in [1.54, 1.807) is 66.8 Å². The number of rotatable bonds is 10. The van der Waals surface area contributed by atoms with Crippen molar-refractivity contribution in [2.45, 2.75) is 28.5 Å². The van der Waals surface area contributed by atoms with Gasteiger partial charge in [0.05, 0.1) is 38.3 Å². The average Bonchev–Trinajstić information content (AvgIpc) is 3.61. The molecule has 61 heavy (non-hydrogen) atoms. The zero-order valence-corrected chi connectivity index (χ0v) is 33.6. The third-order valence-corrected chi connectivity index (χ3v) is 13.3. The Kier molecular flexibility index (Phi) is 10.7. The van der Waals surface area contributed by atoms with Crippen LogP contribution < -0.4 is 24.0 Å². The number of aliphatic hydroxyl groups excluding tert-OH is 1. The summed E-state index contributed by atoms with van der Waals surface area (Å²) in [4.78, 5) is 53.3. The minimum absolute atomic E-state index is 0.0358. The molecule has 4 aliphatic rings. The van der Waals surface area contributed by atoms with E-state index in [4.69, 9.17) is 37.4 Å². The van der Waals surface area contributed by atoms with E-state index < -0.39 is 105 Å². The number of methoxy groups -OCH3 is 2. The minimum atomic E-state index is -2.73. The van der Waals surface area contributed by atoms with Crippen molar-refractivity contribution in [1.29, 1.82) is 0 Å². The molecule has 6 atom stereocenters. The first-order valence-electron chi connectivity index (χ1n) is 18.8. The molecule has 2 aliphatic carbocycles. The molecule has 2 heterocycles. The van der Waals surface area contributed by atoms with Gasteiger partial charge in [0.25, 0.3) is 11.8 Å². The molecular formula is C44H33Cl2F5N2O8. The summed E-state index contributed by atoms with van der Waals surface area (Å²) in [6.07, 6.45) is 4.47. The van der Waals surface area contributed by atoms with Crippen molar-refractivity contribution in [3.8, 4) is 17.2 Å². The lowest BCUT2D eigenvalue weighted by Crippen LogP contribution is -2.60. The third kappa shape index (κ3) is 6.22. The monoisotopic (exact) mass is 882 g/mol. The van der Waals surface area contributed by atoms with Gasteiger partial charge in [-0.2, -0.15) is 0 Å². The number of aliphatic hydroxyl groups is 1. The Morgan fingerprint density at radius 1 is 0.770 bits per heavy atom. The molecule has 0 spiro atoms. The average molecular weight is 884 g/mol. The summed E-state index contributed by atoms with van der Waals surface area (Å²) >= 11 is 14.5. The highest BCUT2D eigenvalue weighted by Crippen LogP contribution is 2.67. The van der Waals surface area contributed by atoms with Crippen molar-refractivity contribution in [3.63, 3.8) is 0 Å². The number of halogens is 7. The lowest BCUT2D eigenvalue weighted by Gasteiger charge is -2.50. The van der Waals surface area contributed by atoms with Crippen molar-refractivity contribution in [2.75, 3.05) is 37.2 Å². The number of para-hydroxylation sites is 1. The largest absolute Gasteiger partial charge is 0.497 e. The Bertz CT molecular complexity index is 2560. The van der Waals surface area contributed by atoms with Crippen molar-refractivity contribution in [2.24, 2.45) is 17.8 Å². The molecule has 10 nitrogen and oxygen atoms in total. The highest BCUT2D eigenvalue weighted by atomic mass is 35.5. The van der Waals surface area contributed by atoms with E-state index in [1.165, 1.54) is 32.4 Å². The molecular weight excluding hydrogens is 850 g/mol. The molecule has 0 aromatic heterocycles. The van der Waals surface area contributed by atoms with Gasteiger partial charge in [0.2, 0.25) is 17.6 Å². The van der Waals surface area contributed by atoms with Gasteiger partial charge in [-0.1, -0.05) is 54.1 Å². The number of anilines is 2. The van der Waals surface area contributed by atoms with Crippen LogP contribution in [0.4, 0.5) is 33.3 Å². The fourth-order valence-corrected chi connectivity index (χ4v) is 9.99. The summed E-state index contributed by atoms with van der Waals surface area (Å²) in [7, 11) is 3.08. The van der Waals surface area contributed by atoms with Gasteiger partial charge in [-0.15, -0.1) is 23.2 Å². The van der Waals surface area contributed by atoms with Crippen molar-refractivity contribution < 1.29 is 60.4 Å². The van der Waals surface area contributed by atoms with Gasteiger partial charge < -0.3 is 19.3 Å². The molecule has 3 fully saturated rings. The van der Waals surface area contributed by atoms with E-state index in [0.29, 0.717) is 17.1 Å². The number of carbonyl (C=O) groups is 4. The molecule has 1 saturated carbocycles. The predicted molar refractivity (Wildman–Crippen MR) is 213 cm³/mol. The molecule has 4 aromatic carbocycles. The molecule has 0 radical (unpaired) electrons. The quantitative estimate of drug-likeness (QED) is 0.0327. The lowest BCUT2D eigenvalue weighted by atomic mass is 9.56. The first kappa shape index (κ1) is 41.9. The van der Waals surface area contributed by atoms with Crippen molar-refractivity contribution in [3.05, 3.63) is 124 Å². The first-order valence-corrected chi connectivity index (χ1v) is 19.6. The Hall–Kier alpha value is -5.77. The van der Waals surface area contributed by atoms with Gasteiger partial charge in [0, 0.05) is 17.0 Å². The predicted octanol–water partition coefficient (Wildman–Crippen LogP) is 7.71. The summed E-state index contributed by atoms with van der Waals surface area (Å²) in [5.41, 5.74) is 0.135. The van der Waals surface area contributed by atoms with Crippen LogP contribution in [0.5, 0.6) is 17.2 Å². The fraction of sp³-hybridized carbons (Fsp3) is 0.273. The third-order valence-electron chi connectivity index (χ3n) is 11.8. The molecule has 0 bridgehead atoms. The molecule has 316 valence electrons. The van der Waals surface area contributed by atoms with Crippen LogP contribution in [0.3, 0.4) is 0 Å². The highest BCUT2D eigenvalue weighted by molar-refractivity contribution is 6.58. The molecule has 2 aliphatic heterocycles. The van der Waals surface area contributed by atoms with Crippen molar-refractivity contribution >= 4 is 70.4 Å². The van der Waals surface area contributed by atoms with Gasteiger partial charge in [0.1, 0.15) is 29.5 Å². The van der Waals surface area contributed by atoms with Gasteiger partial charge in [0.15, 0.2) is 33.0 Å². The number of imide groups is 2. The lowest BCUT2D eigenvalue weighted by molar-refractivity contribution is -0.125. The van der Waals surface area contributed by atoms with E-state index in [2.05, 4.69) is 0 Å². The number of fused-ring (bicyclic) bond motifs is 4. The molecule has 17 heteroatoms. The summed E-state index contributed by atoms with van der Waals surface area (Å²) in [6.45, 7) is -0.709. The summed E-state index contributed by atoms with van der Waals surface area (Å²) in [5.74, 6) is -20.4. The minimum Gasteiger partial charge on any atom is -0.497 e. The molecule has 0 unspecified atom stereocenters. The second kappa shape index (κ2) is 15.6. The molecule has 2 saturated heterocycles. The SMILES string of the molecule is COc1ccc(OC)c(C=Cc2ccc(N3C(=O)[C@H]4[C@H](CC=C5[C@H]4C[C@@]4(Cl)C(=O)N(c6c(F)c(F)c(F)c(F)c6F)C(=O)[C@@]4(Cl)[C@H]5c4ccccc4OCCO)C3=O)cc2)c1. The fourth-order valence-electron chi connectivity index (χ4n) is 9.06. The van der Waals surface area contributed by atoms with Crippen molar-refractivity contribution in [1.82, 2.24) is 0 Å². The highest BCUT2D eigenvalue weighted by Gasteiger charge is 2.77. The molecule has 4 amide bonds. The summed E-state index contributed by atoms with van der Waals surface area (Å²) in [5, 5.41) is 9.58. The van der Waals surface area contributed by atoms with E-state index in [0.717, 1.165) is 10.5 Å². The van der Waals surface area contributed by atoms with Crippen LogP contribution in [0.2, 0.25) is 0 Å². The number of hydrogen-bond acceptors (Lipinski definition) is 8. The van der Waals surface area contributed by atoms with Crippen LogP contribution in [0.15, 0.2) is 78.4 Å². The van der Waals surface area contributed by atoms with Gasteiger partial charge in [-0.25, -0.2) is 26.9 Å². The van der Waals surface area contributed by atoms with Gasteiger partial charge >= 0.3 is 0 Å². The van der Waals surface area contributed by atoms with Gasteiger partial charge in [-0.3, -0.25) is 24.1 Å². The van der Waals surface area contributed by atoms with E-state index >= 15 is 8.78 Å². The van der Waals surface area contributed by atoms with Gasteiger partial charge in [-0.05, 0) is 60.7 Å². The number of nitrogens with zero attached hydrogens (tertiary/aromatic N) is 2. The smallest absolute Gasteiger partial charge is 0.258 e. The van der Waals surface area contributed by atoms with Crippen LogP contribution in [0.1, 0.15) is 35.4 Å². The Morgan fingerprint density at radius 3 is 2.10 bits per heavy atom. The van der Waals surface area contributed by atoms with E-state index in [1.807, 2.05) is 0 Å². The summed E-state index contributed by atoms with van der Waals surface area (Å²) in [6, 6.07) is 17.8. The summed E-state index contributed by atoms with van der Waals surface area (Å²) < 4.78 is 90.8. The number of carbonyl (C=O) groups excluding carboxylic acids is 4. The molecule has 8 rings (SSSR count).